The summed E-state index contributed by atoms with van der Waals surface area (Å²) in [5, 5.41) is 4.97. The molecule has 5 heteroatoms. The van der Waals surface area contributed by atoms with Gasteiger partial charge in [-0.3, -0.25) is 14.4 Å². The lowest BCUT2D eigenvalue weighted by Gasteiger charge is -2.30. The van der Waals surface area contributed by atoms with Crippen molar-refractivity contribution < 1.29 is 4.79 Å². The number of fused-ring (bicyclic) bond motifs is 1. The number of carbonyl (C=O) groups is 1. The fraction of sp³-hybridized carbons (Fsp3) is 0.700. The van der Waals surface area contributed by atoms with Crippen LogP contribution >= 0.6 is 0 Å². The molecule has 0 bridgehead atoms. The average molecular weight is 342 g/mol. The van der Waals surface area contributed by atoms with Crippen LogP contribution in [0.3, 0.4) is 0 Å². The Hall–Kier alpha value is -1.62. The summed E-state index contributed by atoms with van der Waals surface area (Å²) >= 11 is 0. The summed E-state index contributed by atoms with van der Waals surface area (Å²) in [5.41, 5.74) is 3.93. The topological polar surface area (TPSA) is 41.4 Å². The molecule has 0 N–H and O–H groups in total. The molecule has 136 valence electrons. The van der Waals surface area contributed by atoms with Gasteiger partial charge in [-0.05, 0) is 59.0 Å². The van der Waals surface area contributed by atoms with E-state index in [0.717, 1.165) is 38.9 Å². The molecule has 1 aromatic rings. The van der Waals surface area contributed by atoms with Gasteiger partial charge in [0.1, 0.15) is 0 Å². The number of allylic oxidation sites excluding steroid dienone is 2. The lowest BCUT2D eigenvalue weighted by atomic mass is 10.00. The summed E-state index contributed by atoms with van der Waals surface area (Å²) in [4.78, 5) is 17.4. The van der Waals surface area contributed by atoms with E-state index in [2.05, 4.69) is 40.5 Å². The number of likely N-dealkylation sites (tertiary alicyclic amines) is 1. The molecular weight excluding hydrogens is 312 g/mol. The Labute approximate surface area is 150 Å². The Morgan fingerprint density at radius 3 is 2.60 bits per heavy atom. The largest absolute Gasteiger partial charge is 0.336 e. The minimum Gasteiger partial charge on any atom is -0.336 e. The summed E-state index contributed by atoms with van der Waals surface area (Å²) in [6.07, 6.45) is 9.68. The van der Waals surface area contributed by atoms with E-state index in [4.69, 9.17) is 5.10 Å². The summed E-state index contributed by atoms with van der Waals surface area (Å²) in [6, 6.07) is 0.337. The number of aromatic nitrogens is 2. The molecular formula is C20H30N4O. The van der Waals surface area contributed by atoms with Crippen molar-refractivity contribution in [3.8, 4) is 0 Å². The van der Waals surface area contributed by atoms with Gasteiger partial charge in [-0.15, -0.1) is 0 Å². The van der Waals surface area contributed by atoms with E-state index >= 15 is 0 Å². The SMILES string of the molecule is CC(C)n1nc(CN2CCCC2)c2c1CN(C(=O)C1CC=CC1)CC2. The van der Waals surface area contributed by atoms with Crippen molar-refractivity contribution in [1.29, 1.82) is 0 Å². The molecule has 3 aliphatic rings. The molecule has 2 aliphatic heterocycles. The third-order valence-electron chi connectivity index (χ3n) is 5.90. The second-order valence-electron chi connectivity index (χ2n) is 8.04. The summed E-state index contributed by atoms with van der Waals surface area (Å²) in [5.74, 6) is 0.495. The zero-order chi connectivity index (χ0) is 17.4. The molecule has 25 heavy (non-hydrogen) atoms. The highest BCUT2D eigenvalue weighted by molar-refractivity contribution is 5.80. The highest BCUT2D eigenvalue weighted by atomic mass is 16.2. The van der Waals surface area contributed by atoms with Crippen LogP contribution in [0, 0.1) is 5.92 Å². The van der Waals surface area contributed by atoms with E-state index in [1.165, 1.54) is 42.9 Å². The second kappa shape index (κ2) is 6.94. The Morgan fingerprint density at radius 2 is 1.92 bits per heavy atom. The van der Waals surface area contributed by atoms with Crippen molar-refractivity contribution in [3.63, 3.8) is 0 Å². The van der Waals surface area contributed by atoms with Crippen LogP contribution in [0.25, 0.3) is 0 Å². The predicted molar refractivity (Wildman–Crippen MR) is 98.1 cm³/mol. The van der Waals surface area contributed by atoms with Crippen LogP contribution in [-0.4, -0.2) is 45.1 Å². The van der Waals surface area contributed by atoms with E-state index < -0.39 is 0 Å². The highest BCUT2D eigenvalue weighted by Gasteiger charge is 2.32. The number of hydrogen-bond donors (Lipinski definition) is 0. The van der Waals surface area contributed by atoms with Gasteiger partial charge in [0.05, 0.1) is 17.9 Å². The molecule has 5 nitrogen and oxygen atoms in total. The molecule has 4 rings (SSSR count). The minimum absolute atomic E-state index is 0.168. The molecule has 1 saturated heterocycles. The molecule has 1 amide bonds. The van der Waals surface area contributed by atoms with Gasteiger partial charge in [0.25, 0.3) is 0 Å². The van der Waals surface area contributed by atoms with Gasteiger partial charge < -0.3 is 4.90 Å². The van der Waals surface area contributed by atoms with Gasteiger partial charge in [0.15, 0.2) is 0 Å². The Bertz CT molecular complexity index is 661. The normalized spacial score (nSPS) is 21.5. The maximum Gasteiger partial charge on any atom is 0.226 e. The molecule has 3 heterocycles. The molecule has 0 saturated carbocycles. The van der Waals surface area contributed by atoms with Crippen LogP contribution in [0.4, 0.5) is 0 Å². The minimum atomic E-state index is 0.168. The fourth-order valence-electron chi connectivity index (χ4n) is 4.49. The lowest BCUT2D eigenvalue weighted by molar-refractivity contribution is -0.136. The first-order valence-electron chi connectivity index (χ1n) is 9.88. The number of hydrogen-bond acceptors (Lipinski definition) is 3. The van der Waals surface area contributed by atoms with Crippen LogP contribution in [0.2, 0.25) is 0 Å². The summed E-state index contributed by atoms with van der Waals surface area (Å²) in [7, 11) is 0. The van der Waals surface area contributed by atoms with E-state index in [1.807, 2.05) is 0 Å². The maximum atomic E-state index is 12.8. The summed E-state index contributed by atoms with van der Waals surface area (Å²) < 4.78 is 2.17. The Balaban J connectivity index is 1.55. The van der Waals surface area contributed by atoms with Crippen LogP contribution in [0.15, 0.2) is 12.2 Å². The monoisotopic (exact) mass is 342 g/mol. The zero-order valence-corrected chi connectivity index (χ0v) is 15.6. The van der Waals surface area contributed by atoms with Crippen molar-refractivity contribution in [2.75, 3.05) is 19.6 Å². The zero-order valence-electron chi connectivity index (χ0n) is 15.6. The highest BCUT2D eigenvalue weighted by Crippen LogP contribution is 2.29. The maximum absolute atomic E-state index is 12.8. The fourth-order valence-corrected chi connectivity index (χ4v) is 4.49. The predicted octanol–water partition coefficient (Wildman–Crippen LogP) is 2.91. The molecule has 0 aromatic carbocycles. The van der Waals surface area contributed by atoms with Gasteiger partial charge in [-0.2, -0.15) is 5.10 Å². The quantitative estimate of drug-likeness (QED) is 0.790. The first-order chi connectivity index (χ1) is 12.1. The second-order valence-corrected chi connectivity index (χ2v) is 8.04. The first-order valence-corrected chi connectivity index (χ1v) is 9.88. The number of carbonyl (C=O) groups excluding carboxylic acids is 1. The Kier molecular flexibility index (Phi) is 4.67. The van der Waals surface area contributed by atoms with E-state index in [-0.39, 0.29) is 5.92 Å². The standard InChI is InChI=1S/C20H30N4O/c1-15(2)24-19-14-23(20(25)16-7-3-4-8-16)12-9-17(19)18(21-24)13-22-10-5-6-11-22/h3-4,15-16H,5-14H2,1-2H3. The molecule has 1 aromatic heterocycles. The Morgan fingerprint density at radius 1 is 1.20 bits per heavy atom. The van der Waals surface area contributed by atoms with Crippen molar-refractivity contribution in [2.24, 2.45) is 5.92 Å². The molecule has 0 unspecified atom stereocenters. The molecule has 1 aliphatic carbocycles. The van der Waals surface area contributed by atoms with Gasteiger partial charge in [0, 0.05) is 30.6 Å². The molecule has 1 fully saturated rings. The van der Waals surface area contributed by atoms with Crippen LogP contribution in [0.1, 0.15) is 62.5 Å². The number of rotatable bonds is 4. The third kappa shape index (κ3) is 3.26. The van der Waals surface area contributed by atoms with E-state index in [1.54, 1.807) is 0 Å². The smallest absolute Gasteiger partial charge is 0.226 e. The molecule has 0 atom stereocenters. The van der Waals surface area contributed by atoms with Gasteiger partial charge in [-0.1, -0.05) is 12.2 Å². The average Bonchev–Trinajstić information content (AvgIpc) is 3.35. The summed E-state index contributed by atoms with van der Waals surface area (Å²) in [6.45, 7) is 9.33. The van der Waals surface area contributed by atoms with Crippen LogP contribution in [-0.2, 0) is 24.3 Å². The van der Waals surface area contributed by atoms with Crippen molar-refractivity contribution in [2.45, 2.75) is 65.1 Å². The number of amides is 1. The molecule has 0 spiro atoms. The van der Waals surface area contributed by atoms with Gasteiger partial charge in [-0.25, -0.2) is 0 Å². The van der Waals surface area contributed by atoms with Gasteiger partial charge in [0.2, 0.25) is 5.91 Å². The van der Waals surface area contributed by atoms with E-state index in [9.17, 15) is 4.79 Å². The number of nitrogens with zero attached hydrogens (tertiary/aromatic N) is 4. The van der Waals surface area contributed by atoms with Crippen LogP contribution in [0.5, 0.6) is 0 Å². The van der Waals surface area contributed by atoms with Crippen LogP contribution < -0.4 is 0 Å². The van der Waals surface area contributed by atoms with E-state index in [0.29, 0.717) is 11.9 Å². The first kappa shape index (κ1) is 16.8. The van der Waals surface area contributed by atoms with Crippen molar-refractivity contribution in [3.05, 3.63) is 29.1 Å². The lowest BCUT2D eigenvalue weighted by Crippen LogP contribution is -2.40. The van der Waals surface area contributed by atoms with Crippen molar-refractivity contribution >= 4 is 5.91 Å². The van der Waals surface area contributed by atoms with Crippen molar-refractivity contribution in [1.82, 2.24) is 19.6 Å². The third-order valence-corrected chi connectivity index (χ3v) is 5.90. The molecule has 0 radical (unpaired) electrons. The van der Waals surface area contributed by atoms with Gasteiger partial charge >= 0.3 is 0 Å².